The quantitative estimate of drug-likeness (QED) is 0.145. The van der Waals surface area contributed by atoms with Crippen LogP contribution in [0.3, 0.4) is 0 Å². The topological polar surface area (TPSA) is 85.2 Å². The highest BCUT2D eigenvalue weighted by atomic mass is 32.2. The molecule has 0 unspecified atom stereocenters. The first-order valence-electron chi connectivity index (χ1n) is 11.7. The lowest BCUT2D eigenvalue weighted by molar-refractivity contribution is 0.624. The number of rotatable bonds is 8. The van der Waals surface area contributed by atoms with Crippen molar-refractivity contribution in [1.29, 1.82) is 0 Å². The molecular weight excluding hydrogens is 483 g/mol. The number of hydrogen-bond acceptors (Lipinski definition) is 3. The van der Waals surface area contributed by atoms with E-state index in [-0.39, 0.29) is 5.82 Å². The lowest BCUT2D eigenvalue weighted by Gasteiger charge is -2.13. The Morgan fingerprint density at radius 3 is 2.70 bits per heavy atom. The normalized spacial score (nSPS) is 12.4. The van der Waals surface area contributed by atoms with E-state index in [0.717, 1.165) is 61.4 Å². The van der Waals surface area contributed by atoms with E-state index in [1.54, 1.807) is 18.3 Å². The Morgan fingerprint density at radius 1 is 1.14 bits per heavy atom. The molecule has 2 aromatic carbocycles. The molecule has 6 nitrogen and oxygen atoms in total. The smallest absolute Gasteiger partial charge is 0.124 e. The summed E-state index contributed by atoms with van der Waals surface area (Å²) in [5, 5.41) is 15.6. The Bertz CT molecular complexity index is 1740. The minimum Gasteiger partial charge on any atom is -0.357 e. The van der Waals surface area contributed by atoms with E-state index in [1.807, 2.05) is 43.7 Å². The third-order valence-corrected chi connectivity index (χ3v) is 6.97. The Balaban J connectivity index is 1.56. The first-order chi connectivity index (χ1) is 17.7. The minimum absolute atomic E-state index is 0.299. The van der Waals surface area contributed by atoms with Gasteiger partial charge in [0.2, 0.25) is 0 Å². The number of aromatic amines is 3. The molecule has 0 amide bonds. The fourth-order valence-corrected chi connectivity index (χ4v) is 4.91. The van der Waals surface area contributed by atoms with E-state index in [0.29, 0.717) is 6.54 Å². The summed E-state index contributed by atoms with van der Waals surface area (Å²) in [6, 6.07) is 13.3. The Labute approximate surface area is 216 Å². The van der Waals surface area contributed by atoms with Crippen molar-refractivity contribution in [2.75, 3.05) is 6.26 Å². The van der Waals surface area contributed by atoms with E-state index in [2.05, 4.69) is 60.6 Å². The maximum atomic E-state index is 14.7. The number of aromatic nitrogens is 5. The van der Waals surface area contributed by atoms with Crippen molar-refractivity contribution in [2.45, 2.75) is 13.5 Å². The van der Waals surface area contributed by atoms with Crippen LogP contribution in [0.5, 0.6) is 0 Å². The number of halogens is 1. The second-order valence-electron chi connectivity index (χ2n) is 9.30. The summed E-state index contributed by atoms with van der Waals surface area (Å²) in [7, 11) is -1.42. The third-order valence-electron chi connectivity index (χ3n) is 6.13. The molecule has 0 aliphatic heterocycles. The van der Waals surface area contributed by atoms with E-state index in [4.69, 9.17) is 0 Å². The van der Waals surface area contributed by atoms with Crippen LogP contribution in [0.2, 0.25) is 0 Å². The molecule has 0 saturated heterocycles. The maximum Gasteiger partial charge on any atom is 0.124 e. The lowest BCUT2D eigenvalue weighted by atomic mass is 9.95. The lowest BCUT2D eigenvalue weighted by Crippen LogP contribution is -2.08. The second kappa shape index (κ2) is 9.72. The first-order valence-corrected chi connectivity index (χ1v) is 14.1. The monoisotopic (exact) mass is 512 g/mol. The third kappa shape index (κ3) is 5.21. The molecule has 0 radical (unpaired) electrons. The first kappa shape index (κ1) is 24.5. The number of allylic oxidation sites excluding steroid dienone is 2. The van der Waals surface area contributed by atoms with Crippen molar-refractivity contribution in [2.24, 2.45) is 0 Å². The van der Waals surface area contributed by atoms with Crippen LogP contribution >= 0.6 is 9.39 Å². The molecule has 0 spiro atoms. The van der Waals surface area contributed by atoms with Gasteiger partial charge in [0, 0.05) is 34.9 Å². The van der Waals surface area contributed by atoms with E-state index < -0.39 is 9.39 Å². The molecule has 8 heteroatoms. The van der Waals surface area contributed by atoms with Crippen molar-refractivity contribution in [3.05, 3.63) is 102 Å². The van der Waals surface area contributed by atoms with Gasteiger partial charge in [-0.3, -0.25) is 14.9 Å². The number of aryl methyl sites for hydroxylation is 1. The van der Waals surface area contributed by atoms with Gasteiger partial charge in [-0.25, -0.2) is 4.39 Å². The predicted molar refractivity (Wildman–Crippen MR) is 156 cm³/mol. The molecule has 37 heavy (non-hydrogen) atoms. The van der Waals surface area contributed by atoms with Gasteiger partial charge in [0.1, 0.15) is 11.5 Å². The summed E-state index contributed by atoms with van der Waals surface area (Å²) in [6.45, 7) is 6.39. The molecule has 0 aliphatic carbocycles. The number of H-pyrrole nitrogens is 3. The van der Waals surface area contributed by atoms with Gasteiger partial charge >= 0.3 is 0 Å². The molecule has 4 N–H and O–H groups in total. The number of hydrogen-bond donors (Lipinski definition) is 4. The van der Waals surface area contributed by atoms with Crippen molar-refractivity contribution in [1.82, 2.24) is 30.1 Å². The molecule has 3 aromatic heterocycles. The summed E-state index contributed by atoms with van der Waals surface area (Å²) in [4.78, 5) is 3.48. The average Bonchev–Trinajstić information content (AvgIpc) is 3.60. The molecule has 5 aromatic rings. The van der Waals surface area contributed by atoms with Crippen LogP contribution in [0.25, 0.3) is 39.0 Å². The summed E-state index contributed by atoms with van der Waals surface area (Å²) in [5.41, 5.74) is 9.02. The zero-order valence-corrected chi connectivity index (χ0v) is 21.7. The molecule has 0 saturated carbocycles. The van der Waals surface area contributed by atoms with Gasteiger partial charge in [-0.05, 0) is 71.8 Å². The van der Waals surface area contributed by atoms with Crippen LogP contribution in [-0.4, -0.2) is 43.4 Å². The van der Waals surface area contributed by atoms with Crippen LogP contribution < -0.4 is 4.72 Å². The largest absolute Gasteiger partial charge is 0.357 e. The van der Waals surface area contributed by atoms with Crippen LogP contribution in [-0.2, 0) is 6.54 Å². The van der Waals surface area contributed by atoms with Gasteiger partial charge in [-0.2, -0.15) is 19.6 Å². The summed E-state index contributed by atoms with van der Waals surface area (Å²) >= 11 is 0. The predicted octanol–water partition coefficient (Wildman–Crippen LogP) is 6.32. The van der Waals surface area contributed by atoms with Crippen LogP contribution in [0.15, 0.2) is 73.6 Å². The van der Waals surface area contributed by atoms with Crippen molar-refractivity contribution in [3.63, 3.8) is 0 Å². The van der Waals surface area contributed by atoms with Crippen molar-refractivity contribution < 1.29 is 4.39 Å². The van der Waals surface area contributed by atoms with Crippen molar-refractivity contribution in [3.8, 4) is 22.5 Å². The highest BCUT2D eigenvalue weighted by Crippen LogP contribution is 2.34. The molecule has 0 aliphatic rings. The van der Waals surface area contributed by atoms with Gasteiger partial charge in [-0.1, -0.05) is 36.5 Å². The van der Waals surface area contributed by atoms with Crippen LogP contribution in [0.1, 0.15) is 22.4 Å². The van der Waals surface area contributed by atoms with E-state index in [9.17, 15) is 4.39 Å². The summed E-state index contributed by atoms with van der Waals surface area (Å²) in [6.07, 6.45) is 9.24. The average molecular weight is 513 g/mol. The maximum absolute atomic E-state index is 14.7. The van der Waals surface area contributed by atoms with E-state index in [1.165, 1.54) is 6.07 Å². The van der Waals surface area contributed by atoms with Crippen molar-refractivity contribution >= 4 is 37.6 Å². The van der Waals surface area contributed by atoms with Gasteiger partial charge in [0.25, 0.3) is 0 Å². The highest BCUT2D eigenvalue weighted by molar-refractivity contribution is 8.25. The number of nitrogens with zero attached hydrogens (tertiary/aromatic N) is 2. The van der Waals surface area contributed by atoms with Gasteiger partial charge in [0.15, 0.2) is 0 Å². The summed E-state index contributed by atoms with van der Waals surface area (Å²) < 4.78 is 18.0. The standard InChI is InChI=1S/C29H29FN6S/c1-6-7-24(21-10-19(11-23(30)12-21)15-33-37(3,4)5)25-14-28(34-18(25)2)29-26-13-20(22-16-31-32-17-22)8-9-27(26)35-36-29/h6-14,16-17,33-34H,1,3-4,15H2,2,5H3,(H,31,32)(H,35,36)/b24-7-. The second-order valence-corrected chi connectivity index (χ2v) is 12.1. The van der Waals surface area contributed by atoms with E-state index >= 15 is 0 Å². The molecule has 0 atom stereocenters. The highest BCUT2D eigenvalue weighted by Gasteiger charge is 2.17. The molecular formula is C29H29FN6S. The van der Waals surface area contributed by atoms with Gasteiger partial charge in [-0.15, -0.1) is 0 Å². The molecule has 5 rings (SSSR count). The SMILES string of the molecule is C=C/C=C(/c1cc(F)cc(CNS(=C)(=C)C)c1)c1cc(-c2n[nH]c3ccc(-c4cn[nH]c4)cc23)[nH]c1C. The number of nitrogens with one attached hydrogen (secondary N) is 4. The molecule has 3 heterocycles. The zero-order chi connectivity index (χ0) is 26.2. The fraction of sp³-hybridized carbons (Fsp3) is 0.103. The Hall–Kier alpha value is -4.14. The minimum atomic E-state index is -1.42. The van der Waals surface area contributed by atoms with Crippen LogP contribution in [0.4, 0.5) is 4.39 Å². The number of benzene rings is 2. The Kier molecular flexibility index (Phi) is 6.45. The van der Waals surface area contributed by atoms with Gasteiger partial charge < -0.3 is 4.98 Å². The van der Waals surface area contributed by atoms with Gasteiger partial charge in [0.05, 0.1) is 17.4 Å². The molecule has 188 valence electrons. The van der Waals surface area contributed by atoms with Crippen LogP contribution in [0, 0.1) is 12.7 Å². The molecule has 0 bridgehead atoms. The molecule has 0 fully saturated rings. The summed E-state index contributed by atoms with van der Waals surface area (Å²) in [5.74, 6) is 7.80. The fourth-order valence-electron chi connectivity index (χ4n) is 4.40. The zero-order valence-electron chi connectivity index (χ0n) is 20.9. The number of fused-ring (bicyclic) bond motifs is 1. The Morgan fingerprint density at radius 2 is 1.97 bits per heavy atom.